The number of aliphatic hydroxyl groups is 1. The highest BCUT2D eigenvalue weighted by atomic mass is 79.9. The van der Waals surface area contributed by atoms with Crippen LogP contribution < -0.4 is 14.2 Å². The highest BCUT2D eigenvalue weighted by Crippen LogP contribution is 2.45. The third-order valence-corrected chi connectivity index (χ3v) is 6.92. The minimum atomic E-state index is -0.915. The molecule has 3 aromatic rings. The van der Waals surface area contributed by atoms with Crippen LogP contribution in [-0.2, 0) is 16.1 Å². The van der Waals surface area contributed by atoms with Gasteiger partial charge >= 0.3 is 0 Å². The van der Waals surface area contributed by atoms with E-state index in [9.17, 15) is 19.8 Å². The van der Waals surface area contributed by atoms with Crippen LogP contribution in [0.4, 0.5) is 0 Å². The topological polar surface area (TPSA) is 123 Å². The zero-order valence-corrected chi connectivity index (χ0v) is 21.5. The number of likely N-dealkylation sites (tertiary alicyclic amines) is 1. The van der Waals surface area contributed by atoms with E-state index in [1.165, 1.54) is 12.0 Å². The predicted molar refractivity (Wildman–Crippen MR) is 136 cm³/mol. The lowest BCUT2D eigenvalue weighted by Gasteiger charge is -2.26. The van der Waals surface area contributed by atoms with E-state index in [1.807, 2.05) is 10.8 Å². The molecule has 0 aliphatic carbocycles. The number of halogens is 1. The van der Waals surface area contributed by atoms with Gasteiger partial charge in [0, 0.05) is 31.0 Å². The van der Waals surface area contributed by atoms with Crippen molar-refractivity contribution in [3.8, 4) is 23.0 Å². The first kappa shape index (κ1) is 24.7. The van der Waals surface area contributed by atoms with E-state index in [1.54, 1.807) is 42.9 Å². The second kappa shape index (κ2) is 10.2. The Labute approximate surface area is 220 Å². The fraction of sp³-hybridized carbons (Fsp3) is 0.269. The van der Waals surface area contributed by atoms with Crippen LogP contribution in [0.15, 0.2) is 59.1 Å². The molecule has 1 aromatic heterocycles. The number of aromatic hydroxyl groups is 1. The molecule has 10 nitrogen and oxygen atoms in total. The molecule has 0 radical (unpaired) electrons. The van der Waals surface area contributed by atoms with Crippen molar-refractivity contribution >= 4 is 33.4 Å². The van der Waals surface area contributed by atoms with Crippen molar-refractivity contribution in [2.24, 2.45) is 0 Å². The molecule has 1 saturated heterocycles. The summed E-state index contributed by atoms with van der Waals surface area (Å²) in [5, 5.41) is 21.7. The number of aryl methyl sites for hydroxylation is 1. The number of Topliss-reactive ketones (excluding diaryl/α,β-unsaturated/α-hetero) is 1. The van der Waals surface area contributed by atoms with Crippen molar-refractivity contribution in [3.63, 3.8) is 0 Å². The van der Waals surface area contributed by atoms with Crippen molar-refractivity contribution in [1.82, 2.24) is 14.5 Å². The molecular weight excluding hydrogens is 546 g/mol. The normalized spacial score (nSPS) is 18.3. The fourth-order valence-corrected chi connectivity index (χ4v) is 5.01. The number of imidazole rings is 1. The Balaban J connectivity index is 1.59. The Kier molecular flexibility index (Phi) is 6.79. The maximum Gasteiger partial charge on any atom is 0.295 e. The molecule has 1 fully saturated rings. The van der Waals surface area contributed by atoms with E-state index in [0.29, 0.717) is 53.3 Å². The standard InChI is InChI=1S/C26H24BrN3O7/c1-35-20-13-16(11-17(27)24(20)32)22-21(23(31)15-3-4-18-19(12-15)37-10-9-36-18)25(33)26(34)30(22)7-2-6-29-8-5-28-14-29/h3-5,8,11-14,22,31-32H,2,6-7,9-10H2,1H3/b23-21+/t22-/m0/s1. The van der Waals surface area contributed by atoms with Crippen molar-refractivity contribution in [3.05, 3.63) is 70.2 Å². The number of hydrogen-bond donors (Lipinski definition) is 2. The highest BCUT2D eigenvalue weighted by Gasteiger charge is 2.46. The molecule has 2 aliphatic heterocycles. The van der Waals surface area contributed by atoms with Crippen molar-refractivity contribution in [2.75, 3.05) is 26.9 Å². The lowest BCUT2D eigenvalue weighted by Crippen LogP contribution is -2.31. The van der Waals surface area contributed by atoms with E-state index in [2.05, 4.69) is 20.9 Å². The Morgan fingerprint density at radius 1 is 1.16 bits per heavy atom. The van der Waals surface area contributed by atoms with Crippen LogP contribution >= 0.6 is 15.9 Å². The third kappa shape index (κ3) is 4.62. The molecule has 192 valence electrons. The number of rotatable bonds is 7. The Hall–Kier alpha value is -3.99. The first-order valence-electron chi connectivity index (χ1n) is 11.6. The van der Waals surface area contributed by atoms with Gasteiger partial charge in [0.05, 0.1) is 29.5 Å². The number of ether oxygens (including phenoxy) is 3. The van der Waals surface area contributed by atoms with Crippen LogP contribution in [-0.4, -0.2) is 63.2 Å². The zero-order valence-electron chi connectivity index (χ0n) is 19.9. The number of amides is 1. The van der Waals surface area contributed by atoms with Crippen LogP contribution in [0.5, 0.6) is 23.0 Å². The van der Waals surface area contributed by atoms with Crippen molar-refractivity contribution in [1.29, 1.82) is 0 Å². The summed E-state index contributed by atoms with van der Waals surface area (Å²) >= 11 is 3.32. The summed E-state index contributed by atoms with van der Waals surface area (Å²) in [5.41, 5.74) is 0.738. The average Bonchev–Trinajstić information content (AvgIpc) is 3.52. The molecule has 37 heavy (non-hydrogen) atoms. The molecule has 5 rings (SSSR count). The monoisotopic (exact) mass is 569 g/mol. The van der Waals surface area contributed by atoms with Gasteiger partial charge in [-0.1, -0.05) is 0 Å². The van der Waals surface area contributed by atoms with Gasteiger partial charge in [-0.3, -0.25) is 9.59 Å². The molecule has 2 N–H and O–H groups in total. The van der Waals surface area contributed by atoms with Crippen LogP contribution in [0.1, 0.15) is 23.6 Å². The van der Waals surface area contributed by atoms with Gasteiger partial charge in [-0.15, -0.1) is 0 Å². The third-order valence-electron chi connectivity index (χ3n) is 6.32. The molecular formula is C26H24BrN3O7. The van der Waals surface area contributed by atoms with E-state index in [-0.39, 0.29) is 29.4 Å². The summed E-state index contributed by atoms with van der Waals surface area (Å²) in [6, 6.07) is 7.09. The summed E-state index contributed by atoms with van der Waals surface area (Å²) in [4.78, 5) is 32.0. The lowest BCUT2D eigenvalue weighted by molar-refractivity contribution is -0.139. The summed E-state index contributed by atoms with van der Waals surface area (Å²) in [7, 11) is 1.41. The highest BCUT2D eigenvalue weighted by molar-refractivity contribution is 9.10. The van der Waals surface area contributed by atoms with E-state index < -0.39 is 17.7 Å². The first-order chi connectivity index (χ1) is 17.9. The van der Waals surface area contributed by atoms with Gasteiger partial charge in [-0.25, -0.2) is 4.98 Å². The summed E-state index contributed by atoms with van der Waals surface area (Å²) in [5.74, 6) is -0.841. The number of fused-ring (bicyclic) bond motifs is 1. The van der Waals surface area contributed by atoms with Gasteiger partial charge in [0.15, 0.2) is 23.0 Å². The minimum Gasteiger partial charge on any atom is -0.507 e. The second-order valence-corrected chi connectivity index (χ2v) is 9.41. The van der Waals surface area contributed by atoms with E-state index >= 15 is 0 Å². The van der Waals surface area contributed by atoms with Crippen LogP contribution in [0, 0.1) is 0 Å². The molecule has 0 saturated carbocycles. The maximum atomic E-state index is 13.3. The number of aliphatic hydroxyl groups excluding tert-OH is 1. The quantitative estimate of drug-likeness (QED) is 0.251. The molecule has 11 heteroatoms. The Morgan fingerprint density at radius 2 is 1.95 bits per heavy atom. The van der Waals surface area contributed by atoms with Crippen LogP contribution in [0.3, 0.4) is 0 Å². The molecule has 2 aliphatic rings. The Morgan fingerprint density at radius 3 is 2.68 bits per heavy atom. The molecule has 0 spiro atoms. The van der Waals surface area contributed by atoms with Crippen LogP contribution in [0.2, 0.25) is 0 Å². The zero-order chi connectivity index (χ0) is 26.1. The molecule has 3 heterocycles. The molecule has 1 atom stereocenters. The van der Waals surface area contributed by atoms with Gasteiger partial charge in [0.2, 0.25) is 0 Å². The van der Waals surface area contributed by atoms with Gasteiger partial charge in [-0.05, 0) is 58.2 Å². The number of benzene rings is 2. The SMILES string of the molecule is COc1cc([C@H]2/C(=C(\O)c3ccc4c(c3)OCCO4)C(=O)C(=O)N2CCCn2ccnc2)cc(Br)c1O. The maximum absolute atomic E-state index is 13.3. The minimum absolute atomic E-state index is 0.0658. The molecule has 0 bridgehead atoms. The van der Waals surface area contributed by atoms with Crippen molar-refractivity contribution in [2.45, 2.75) is 19.0 Å². The first-order valence-corrected chi connectivity index (χ1v) is 12.4. The number of aromatic nitrogens is 2. The number of ketones is 1. The number of carbonyl (C=O) groups excluding carboxylic acids is 2. The number of methoxy groups -OCH3 is 1. The number of carbonyl (C=O) groups is 2. The number of hydrogen-bond acceptors (Lipinski definition) is 8. The summed E-state index contributed by atoms with van der Waals surface area (Å²) in [6.45, 7) is 1.60. The number of nitrogens with zero attached hydrogens (tertiary/aromatic N) is 3. The summed E-state index contributed by atoms with van der Waals surface area (Å²) < 4.78 is 18.7. The largest absolute Gasteiger partial charge is 0.507 e. The fourth-order valence-electron chi connectivity index (χ4n) is 4.55. The van der Waals surface area contributed by atoms with E-state index in [0.717, 1.165) is 0 Å². The van der Waals surface area contributed by atoms with Gasteiger partial charge < -0.3 is 33.9 Å². The molecule has 1 amide bonds. The molecule has 2 aromatic carbocycles. The van der Waals surface area contributed by atoms with Crippen molar-refractivity contribution < 1.29 is 34.0 Å². The number of phenolic OH excluding ortho intramolecular Hbond substituents is 1. The van der Waals surface area contributed by atoms with E-state index in [4.69, 9.17) is 14.2 Å². The predicted octanol–water partition coefficient (Wildman–Crippen LogP) is 3.64. The van der Waals surface area contributed by atoms with Gasteiger partial charge in [-0.2, -0.15) is 0 Å². The lowest BCUT2D eigenvalue weighted by atomic mass is 9.94. The molecule has 0 unspecified atom stereocenters. The Bertz CT molecular complexity index is 1390. The smallest absolute Gasteiger partial charge is 0.295 e. The average molecular weight is 570 g/mol. The number of phenols is 1. The van der Waals surface area contributed by atoms with Crippen LogP contribution in [0.25, 0.3) is 5.76 Å². The van der Waals surface area contributed by atoms with Gasteiger partial charge in [0.1, 0.15) is 19.0 Å². The summed E-state index contributed by atoms with van der Waals surface area (Å²) in [6.07, 6.45) is 5.70. The van der Waals surface area contributed by atoms with Gasteiger partial charge in [0.25, 0.3) is 11.7 Å². The second-order valence-electron chi connectivity index (χ2n) is 8.56.